The molecular formula is C20H18N4O4. The molecule has 4 unspecified atom stereocenters. The van der Waals surface area contributed by atoms with E-state index in [1.807, 2.05) is 12.1 Å². The van der Waals surface area contributed by atoms with Crippen LogP contribution in [-0.4, -0.2) is 25.2 Å². The number of hydrogen-bond donors (Lipinski definition) is 0. The third kappa shape index (κ3) is 5.07. The molecule has 142 valence electrons. The Bertz CT molecular complexity index is 816. The lowest BCUT2D eigenvalue weighted by molar-refractivity contribution is -0.147. The van der Waals surface area contributed by atoms with Gasteiger partial charge in [0.1, 0.15) is 0 Å². The highest BCUT2D eigenvalue weighted by molar-refractivity contribution is 5.78. The van der Waals surface area contributed by atoms with Gasteiger partial charge in [-0.3, -0.25) is 9.59 Å². The second-order valence-corrected chi connectivity index (χ2v) is 5.60. The molecule has 0 bridgehead atoms. The predicted molar refractivity (Wildman–Crippen MR) is 94.6 cm³/mol. The molecule has 1 aromatic rings. The molecule has 0 aliphatic carbocycles. The second kappa shape index (κ2) is 11.0. The van der Waals surface area contributed by atoms with Crippen LogP contribution in [0, 0.1) is 57.2 Å². The van der Waals surface area contributed by atoms with Gasteiger partial charge in [-0.1, -0.05) is 24.3 Å². The monoisotopic (exact) mass is 378 g/mol. The van der Waals surface area contributed by atoms with Gasteiger partial charge < -0.3 is 9.47 Å². The van der Waals surface area contributed by atoms with E-state index in [0.717, 1.165) is 0 Å². The summed E-state index contributed by atoms with van der Waals surface area (Å²) >= 11 is 0. The van der Waals surface area contributed by atoms with Crippen LogP contribution in [0.2, 0.25) is 0 Å². The van der Waals surface area contributed by atoms with Gasteiger partial charge in [0.05, 0.1) is 49.3 Å². The SMILES string of the molecule is CCOC(=O)C(C#N)C(C#N)c1cccc(C(C#N)C(C#N)C(=O)OCC)c1. The zero-order valence-corrected chi connectivity index (χ0v) is 15.5. The van der Waals surface area contributed by atoms with Crippen LogP contribution in [0.25, 0.3) is 0 Å². The lowest BCUT2D eigenvalue weighted by atomic mass is 9.83. The van der Waals surface area contributed by atoms with Crippen LogP contribution in [0.3, 0.4) is 0 Å². The molecule has 0 fully saturated rings. The smallest absolute Gasteiger partial charge is 0.325 e. The number of benzene rings is 1. The maximum atomic E-state index is 12.0. The van der Waals surface area contributed by atoms with Gasteiger partial charge in [-0.25, -0.2) is 0 Å². The standard InChI is InChI=1S/C20H18N4O4/c1-3-27-19(25)17(11-23)15(9-21)13-6-5-7-14(8-13)16(10-22)18(12-24)20(26)28-4-2/h5-8,15-18H,3-4H2,1-2H3. The largest absolute Gasteiger partial charge is 0.465 e. The van der Waals surface area contributed by atoms with Crippen molar-refractivity contribution in [1.82, 2.24) is 0 Å². The van der Waals surface area contributed by atoms with Crippen LogP contribution in [-0.2, 0) is 19.1 Å². The minimum Gasteiger partial charge on any atom is -0.465 e. The first-order valence-corrected chi connectivity index (χ1v) is 8.50. The number of esters is 2. The Morgan fingerprint density at radius 1 is 0.821 bits per heavy atom. The Morgan fingerprint density at radius 2 is 1.21 bits per heavy atom. The summed E-state index contributed by atoms with van der Waals surface area (Å²) in [5.41, 5.74) is 0.612. The molecular weight excluding hydrogens is 360 g/mol. The highest BCUT2D eigenvalue weighted by atomic mass is 16.5. The van der Waals surface area contributed by atoms with E-state index in [2.05, 4.69) is 0 Å². The fraction of sp³-hybridized carbons (Fsp3) is 0.400. The molecule has 8 heteroatoms. The number of rotatable bonds is 8. The van der Waals surface area contributed by atoms with Gasteiger partial charge in [0.15, 0.2) is 11.8 Å². The number of nitriles is 4. The maximum Gasteiger partial charge on any atom is 0.325 e. The van der Waals surface area contributed by atoms with Crippen molar-refractivity contribution in [2.24, 2.45) is 11.8 Å². The Morgan fingerprint density at radius 3 is 1.50 bits per heavy atom. The Labute approximate surface area is 163 Å². The van der Waals surface area contributed by atoms with Crippen molar-refractivity contribution >= 4 is 11.9 Å². The van der Waals surface area contributed by atoms with Crippen LogP contribution >= 0.6 is 0 Å². The fourth-order valence-electron chi connectivity index (χ4n) is 2.62. The highest BCUT2D eigenvalue weighted by Gasteiger charge is 2.34. The summed E-state index contributed by atoms with van der Waals surface area (Å²) in [5, 5.41) is 37.6. The average molecular weight is 378 g/mol. The first-order chi connectivity index (χ1) is 13.5. The van der Waals surface area contributed by atoms with Gasteiger partial charge in [0.25, 0.3) is 0 Å². The molecule has 4 atom stereocenters. The third-order valence-electron chi connectivity index (χ3n) is 3.93. The molecule has 0 aliphatic rings. The number of hydrogen-bond acceptors (Lipinski definition) is 8. The normalized spacial score (nSPS) is 13.9. The Balaban J connectivity index is 3.32. The zero-order valence-electron chi connectivity index (χ0n) is 15.5. The number of carbonyl (C=O) groups excluding carboxylic acids is 2. The van der Waals surface area contributed by atoms with Crippen LogP contribution in [0.5, 0.6) is 0 Å². The van der Waals surface area contributed by atoms with Crippen molar-refractivity contribution in [3.8, 4) is 24.3 Å². The minimum absolute atomic E-state index is 0.0646. The predicted octanol–water partition coefficient (Wildman–Crippen LogP) is 2.31. The molecule has 1 aromatic carbocycles. The topological polar surface area (TPSA) is 148 Å². The molecule has 0 saturated heterocycles. The molecule has 0 aromatic heterocycles. The number of carbonyl (C=O) groups is 2. The van der Waals surface area contributed by atoms with Crippen molar-refractivity contribution in [3.05, 3.63) is 35.4 Å². The summed E-state index contributed by atoms with van der Waals surface area (Å²) in [5.74, 6) is -6.60. The summed E-state index contributed by atoms with van der Waals surface area (Å²) in [7, 11) is 0. The zero-order chi connectivity index (χ0) is 21.1. The lowest BCUT2D eigenvalue weighted by Gasteiger charge is -2.18. The van der Waals surface area contributed by atoms with Gasteiger partial charge >= 0.3 is 11.9 Å². The van der Waals surface area contributed by atoms with Crippen molar-refractivity contribution in [1.29, 1.82) is 21.0 Å². The number of nitrogens with zero attached hydrogens (tertiary/aromatic N) is 4. The van der Waals surface area contributed by atoms with E-state index in [4.69, 9.17) is 9.47 Å². The van der Waals surface area contributed by atoms with Crippen LogP contribution in [0.15, 0.2) is 24.3 Å². The van der Waals surface area contributed by atoms with E-state index in [-0.39, 0.29) is 13.2 Å². The Hall–Kier alpha value is -3.88. The second-order valence-electron chi connectivity index (χ2n) is 5.60. The summed E-state index contributed by atoms with van der Waals surface area (Å²) in [6, 6.07) is 13.4. The minimum atomic E-state index is -1.35. The first kappa shape index (κ1) is 22.2. The molecule has 0 spiro atoms. The summed E-state index contributed by atoms with van der Waals surface area (Å²) in [6.07, 6.45) is 0. The van der Waals surface area contributed by atoms with Crippen molar-refractivity contribution in [2.75, 3.05) is 13.2 Å². The van der Waals surface area contributed by atoms with Gasteiger partial charge in [-0.2, -0.15) is 21.0 Å². The molecule has 0 radical (unpaired) electrons. The molecule has 0 amide bonds. The van der Waals surface area contributed by atoms with Crippen LogP contribution in [0.1, 0.15) is 36.8 Å². The fourth-order valence-corrected chi connectivity index (χ4v) is 2.62. The van der Waals surface area contributed by atoms with E-state index >= 15 is 0 Å². The molecule has 0 N–H and O–H groups in total. The van der Waals surface area contributed by atoms with E-state index < -0.39 is 35.6 Å². The van der Waals surface area contributed by atoms with Crippen LogP contribution < -0.4 is 0 Å². The van der Waals surface area contributed by atoms with Crippen molar-refractivity contribution < 1.29 is 19.1 Å². The van der Waals surface area contributed by atoms with Crippen molar-refractivity contribution in [2.45, 2.75) is 25.7 Å². The quantitative estimate of drug-likeness (QED) is 0.626. The molecule has 0 saturated carbocycles. The molecule has 28 heavy (non-hydrogen) atoms. The van der Waals surface area contributed by atoms with Gasteiger partial charge in [-0.05, 0) is 25.0 Å². The summed E-state index contributed by atoms with van der Waals surface area (Å²) in [4.78, 5) is 24.0. The van der Waals surface area contributed by atoms with Gasteiger partial charge in [0, 0.05) is 0 Å². The molecule has 8 nitrogen and oxygen atoms in total. The highest BCUT2D eigenvalue weighted by Crippen LogP contribution is 2.30. The van der Waals surface area contributed by atoms with E-state index in [1.54, 1.807) is 26.0 Å². The number of ether oxygens (including phenoxy) is 2. The molecule has 0 aliphatic heterocycles. The maximum absolute atomic E-state index is 12.0. The van der Waals surface area contributed by atoms with Gasteiger partial charge in [0.2, 0.25) is 0 Å². The van der Waals surface area contributed by atoms with Crippen LogP contribution in [0.4, 0.5) is 0 Å². The molecule has 1 rings (SSSR count). The van der Waals surface area contributed by atoms with E-state index in [0.29, 0.717) is 11.1 Å². The summed E-state index contributed by atoms with van der Waals surface area (Å²) in [6.45, 7) is 3.30. The summed E-state index contributed by atoms with van der Waals surface area (Å²) < 4.78 is 9.69. The molecule has 0 heterocycles. The van der Waals surface area contributed by atoms with E-state index in [1.165, 1.54) is 24.3 Å². The van der Waals surface area contributed by atoms with Crippen molar-refractivity contribution in [3.63, 3.8) is 0 Å². The van der Waals surface area contributed by atoms with E-state index in [9.17, 15) is 30.6 Å². The first-order valence-electron chi connectivity index (χ1n) is 8.50. The average Bonchev–Trinajstić information content (AvgIpc) is 2.70. The lowest BCUT2D eigenvalue weighted by Crippen LogP contribution is -2.24. The Kier molecular flexibility index (Phi) is 8.68. The third-order valence-corrected chi connectivity index (χ3v) is 3.93. The van der Waals surface area contributed by atoms with Gasteiger partial charge in [-0.15, -0.1) is 0 Å².